The molecule has 0 radical (unpaired) electrons. The fraction of sp³-hybridized carbons (Fsp3) is 0.526. The van der Waals surface area contributed by atoms with Crippen LogP contribution >= 0.6 is 11.6 Å². The average molecular weight is 393 g/mol. The number of aryl methyl sites for hydroxylation is 3. The minimum Gasteiger partial charge on any atom is -0.484 e. The Morgan fingerprint density at radius 3 is 2.96 bits per heavy atom. The number of nitrogens with one attached hydrogen (secondary N) is 1. The second-order valence-corrected chi connectivity index (χ2v) is 7.30. The lowest BCUT2D eigenvalue weighted by molar-refractivity contribution is -0.123. The van der Waals surface area contributed by atoms with Crippen LogP contribution in [-0.4, -0.2) is 32.9 Å². The predicted octanol–water partition coefficient (Wildman–Crippen LogP) is 2.32. The first-order valence-electron chi connectivity index (χ1n) is 9.32. The molecule has 0 bridgehead atoms. The quantitative estimate of drug-likeness (QED) is 0.818. The zero-order chi connectivity index (χ0) is 19.4. The molecule has 0 saturated carbocycles. The number of ether oxygens (including phenoxy) is 1. The van der Waals surface area contributed by atoms with Gasteiger partial charge in [-0.15, -0.1) is 0 Å². The summed E-state index contributed by atoms with van der Waals surface area (Å²) in [5, 5.41) is 8.07. The summed E-state index contributed by atoms with van der Waals surface area (Å²) in [6.45, 7) is 5.07. The van der Waals surface area contributed by atoms with Gasteiger partial charge in [0, 0.05) is 30.6 Å². The number of fused-ring (bicyclic) bond motifs is 1. The van der Waals surface area contributed by atoms with Crippen molar-refractivity contribution in [3.05, 3.63) is 45.1 Å². The summed E-state index contributed by atoms with van der Waals surface area (Å²) in [5.74, 6) is 1.28. The fourth-order valence-electron chi connectivity index (χ4n) is 3.32. The highest BCUT2D eigenvalue weighted by atomic mass is 35.5. The second kappa shape index (κ2) is 8.61. The summed E-state index contributed by atoms with van der Waals surface area (Å²) >= 11 is 5.93. The van der Waals surface area contributed by atoms with Gasteiger partial charge in [0.05, 0.1) is 0 Å². The SMILES string of the molecule is CCCn1nc2n(c1=O)CCC(NC(=O)COc1ccc(Cl)cc1C)CC2. The van der Waals surface area contributed by atoms with Crippen LogP contribution in [0.25, 0.3) is 0 Å². The largest absolute Gasteiger partial charge is 0.484 e. The number of carbonyl (C=O) groups is 1. The Balaban J connectivity index is 1.53. The minimum atomic E-state index is -0.169. The molecule has 7 nitrogen and oxygen atoms in total. The molecule has 1 aliphatic heterocycles. The van der Waals surface area contributed by atoms with E-state index in [-0.39, 0.29) is 24.2 Å². The van der Waals surface area contributed by atoms with Gasteiger partial charge in [0.25, 0.3) is 5.91 Å². The van der Waals surface area contributed by atoms with E-state index in [1.807, 2.05) is 13.8 Å². The van der Waals surface area contributed by atoms with Gasteiger partial charge in [-0.25, -0.2) is 9.48 Å². The number of carbonyl (C=O) groups excluding carboxylic acids is 1. The van der Waals surface area contributed by atoms with Crippen LogP contribution in [0.1, 0.15) is 37.6 Å². The molecule has 0 saturated heterocycles. The molecule has 1 unspecified atom stereocenters. The second-order valence-electron chi connectivity index (χ2n) is 6.86. The van der Waals surface area contributed by atoms with Crippen molar-refractivity contribution in [3.8, 4) is 5.75 Å². The summed E-state index contributed by atoms with van der Waals surface area (Å²) in [5.41, 5.74) is 0.832. The van der Waals surface area contributed by atoms with Crippen LogP contribution in [0.5, 0.6) is 5.75 Å². The standard InChI is InChI=1S/C19H25ClN4O3/c1-3-9-24-19(26)23-10-8-15(5-7-17(23)22-24)21-18(25)12-27-16-6-4-14(20)11-13(16)2/h4,6,11,15H,3,5,7-10,12H2,1-2H3,(H,21,25). The smallest absolute Gasteiger partial charge is 0.345 e. The maximum atomic E-state index is 12.3. The minimum absolute atomic E-state index is 0.00754. The molecule has 2 heterocycles. The number of hydrogen-bond donors (Lipinski definition) is 1. The van der Waals surface area contributed by atoms with Gasteiger partial charge in [-0.3, -0.25) is 9.36 Å². The summed E-state index contributed by atoms with van der Waals surface area (Å²) < 4.78 is 8.86. The average Bonchev–Trinajstić information content (AvgIpc) is 2.79. The van der Waals surface area contributed by atoms with Crippen molar-refractivity contribution in [1.29, 1.82) is 0 Å². The van der Waals surface area contributed by atoms with E-state index in [1.54, 1.807) is 22.8 Å². The molecular formula is C19H25ClN4O3. The van der Waals surface area contributed by atoms with Crippen molar-refractivity contribution in [2.24, 2.45) is 0 Å². The lowest BCUT2D eigenvalue weighted by Gasteiger charge is -2.16. The van der Waals surface area contributed by atoms with Crippen molar-refractivity contribution < 1.29 is 9.53 Å². The van der Waals surface area contributed by atoms with Crippen LogP contribution < -0.4 is 15.7 Å². The number of halogens is 1. The molecule has 0 spiro atoms. The van der Waals surface area contributed by atoms with Crippen molar-refractivity contribution in [2.75, 3.05) is 6.61 Å². The number of rotatable bonds is 6. The third kappa shape index (κ3) is 4.71. The van der Waals surface area contributed by atoms with E-state index in [0.29, 0.717) is 36.7 Å². The molecule has 0 fully saturated rings. The maximum Gasteiger partial charge on any atom is 0.345 e. The lowest BCUT2D eigenvalue weighted by atomic mass is 10.1. The Labute approximate surface area is 163 Å². The Morgan fingerprint density at radius 1 is 1.41 bits per heavy atom. The Bertz CT molecular complexity index is 874. The van der Waals surface area contributed by atoms with Gasteiger partial charge >= 0.3 is 5.69 Å². The van der Waals surface area contributed by atoms with Crippen LogP contribution in [0.2, 0.25) is 5.02 Å². The van der Waals surface area contributed by atoms with Gasteiger partial charge in [0.15, 0.2) is 6.61 Å². The number of nitrogens with zero attached hydrogens (tertiary/aromatic N) is 3. The van der Waals surface area contributed by atoms with E-state index >= 15 is 0 Å². The molecule has 1 amide bonds. The molecule has 1 N–H and O–H groups in total. The van der Waals surface area contributed by atoms with Gasteiger partial charge in [-0.1, -0.05) is 18.5 Å². The molecule has 1 atom stereocenters. The maximum absolute atomic E-state index is 12.3. The molecule has 3 rings (SSSR count). The summed E-state index contributed by atoms with van der Waals surface area (Å²) in [4.78, 5) is 24.6. The van der Waals surface area contributed by atoms with Gasteiger partial charge in [-0.2, -0.15) is 5.10 Å². The summed E-state index contributed by atoms with van der Waals surface area (Å²) in [6.07, 6.45) is 3.01. The molecule has 1 aliphatic rings. The topological polar surface area (TPSA) is 78.2 Å². The highest BCUT2D eigenvalue weighted by Crippen LogP contribution is 2.21. The zero-order valence-electron chi connectivity index (χ0n) is 15.7. The van der Waals surface area contributed by atoms with Gasteiger partial charge in [-0.05, 0) is 49.9 Å². The summed E-state index contributed by atoms with van der Waals surface area (Å²) in [7, 11) is 0. The molecular weight excluding hydrogens is 368 g/mol. The van der Waals surface area contributed by atoms with Crippen LogP contribution in [-0.2, 0) is 24.3 Å². The van der Waals surface area contributed by atoms with Crippen LogP contribution in [0.4, 0.5) is 0 Å². The predicted molar refractivity (Wildman–Crippen MR) is 103 cm³/mol. The lowest BCUT2D eigenvalue weighted by Crippen LogP contribution is -2.38. The molecule has 1 aromatic heterocycles. The number of amides is 1. The van der Waals surface area contributed by atoms with E-state index in [1.165, 1.54) is 4.68 Å². The van der Waals surface area contributed by atoms with Crippen molar-refractivity contribution in [3.63, 3.8) is 0 Å². The molecule has 27 heavy (non-hydrogen) atoms. The van der Waals surface area contributed by atoms with Crippen LogP contribution in [0, 0.1) is 6.92 Å². The highest BCUT2D eigenvalue weighted by molar-refractivity contribution is 6.30. The number of benzene rings is 1. The van der Waals surface area contributed by atoms with Crippen LogP contribution in [0.15, 0.2) is 23.0 Å². The molecule has 1 aromatic carbocycles. The first kappa shape index (κ1) is 19.5. The summed E-state index contributed by atoms with van der Waals surface area (Å²) in [6, 6.07) is 5.30. The van der Waals surface area contributed by atoms with E-state index in [4.69, 9.17) is 16.3 Å². The number of aromatic nitrogens is 3. The van der Waals surface area contributed by atoms with E-state index < -0.39 is 0 Å². The van der Waals surface area contributed by atoms with Crippen molar-refractivity contribution in [1.82, 2.24) is 19.7 Å². The van der Waals surface area contributed by atoms with Gasteiger partial charge in [0.2, 0.25) is 0 Å². The van der Waals surface area contributed by atoms with E-state index in [2.05, 4.69) is 10.4 Å². The van der Waals surface area contributed by atoms with Crippen LogP contribution in [0.3, 0.4) is 0 Å². The highest BCUT2D eigenvalue weighted by Gasteiger charge is 2.22. The molecule has 8 heteroatoms. The van der Waals surface area contributed by atoms with Crippen molar-refractivity contribution >= 4 is 17.5 Å². The Morgan fingerprint density at radius 2 is 2.22 bits per heavy atom. The molecule has 146 valence electrons. The molecule has 0 aliphatic carbocycles. The van der Waals surface area contributed by atoms with E-state index in [0.717, 1.165) is 24.2 Å². The third-order valence-electron chi connectivity index (χ3n) is 4.71. The monoisotopic (exact) mass is 392 g/mol. The van der Waals surface area contributed by atoms with Gasteiger partial charge < -0.3 is 10.1 Å². The third-order valence-corrected chi connectivity index (χ3v) is 4.95. The Hall–Kier alpha value is -2.28. The Kier molecular flexibility index (Phi) is 6.21. The molecule has 2 aromatic rings. The normalized spacial score (nSPS) is 16.5. The first-order valence-corrected chi connectivity index (χ1v) is 9.70. The first-order chi connectivity index (χ1) is 13.0. The number of hydrogen-bond acceptors (Lipinski definition) is 4. The fourth-order valence-corrected chi connectivity index (χ4v) is 3.54. The van der Waals surface area contributed by atoms with Crippen molar-refractivity contribution in [2.45, 2.75) is 58.7 Å². The van der Waals surface area contributed by atoms with E-state index in [9.17, 15) is 9.59 Å². The van der Waals surface area contributed by atoms with Gasteiger partial charge in [0.1, 0.15) is 11.6 Å². The zero-order valence-corrected chi connectivity index (χ0v) is 16.5.